The van der Waals surface area contributed by atoms with Crippen molar-refractivity contribution >= 4 is 15.9 Å². The van der Waals surface area contributed by atoms with Gasteiger partial charge in [-0.05, 0) is 42.5 Å². The number of likely N-dealkylation sites (N-methyl/N-ethyl adjacent to an activating group) is 1. The Morgan fingerprint density at radius 1 is 1.18 bits per heavy atom. The highest BCUT2D eigenvalue weighted by Crippen LogP contribution is 2.27. The summed E-state index contributed by atoms with van der Waals surface area (Å²) in [6.45, 7) is 10.2. The average molecular weight is 298 g/mol. The Bertz CT molecular complexity index is 329. The van der Waals surface area contributed by atoms with Crippen molar-refractivity contribution in [3.8, 4) is 0 Å². The van der Waals surface area contributed by atoms with Gasteiger partial charge in [-0.1, -0.05) is 55.8 Å². The molecule has 0 spiro atoms. The first-order valence-electron chi connectivity index (χ1n) is 6.47. The first kappa shape index (κ1) is 14.7. The van der Waals surface area contributed by atoms with Crippen LogP contribution in [0.2, 0.25) is 0 Å². The Morgan fingerprint density at radius 3 is 2.24 bits per heavy atom. The minimum Gasteiger partial charge on any atom is -0.313 e. The molecule has 1 aromatic rings. The Kier molecular flexibility index (Phi) is 5.68. The van der Waals surface area contributed by atoms with E-state index in [1.807, 2.05) is 0 Å². The van der Waals surface area contributed by atoms with Crippen molar-refractivity contribution in [2.24, 2.45) is 5.41 Å². The summed E-state index contributed by atoms with van der Waals surface area (Å²) in [4.78, 5) is 0. The molecule has 1 unspecified atom stereocenters. The van der Waals surface area contributed by atoms with Crippen LogP contribution in [0.3, 0.4) is 0 Å². The van der Waals surface area contributed by atoms with Crippen molar-refractivity contribution in [2.75, 3.05) is 6.54 Å². The number of benzene rings is 1. The maximum Gasteiger partial charge on any atom is 0.0175 e. The first-order valence-corrected chi connectivity index (χ1v) is 7.26. The monoisotopic (exact) mass is 297 g/mol. The van der Waals surface area contributed by atoms with Gasteiger partial charge in [-0.25, -0.2) is 0 Å². The maximum atomic E-state index is 3.63. The zero-order chi connectivity index (χ0) is 12.9. The molecule has 0 bridgehead atoms. The summed E-state index contributed by atoms with van der Waals surface area (Å²) in [5.74, 6) is 0. The summed E-state index contributed by atoms with van der Waals surface area (Å²) in [5.41, 5.74) is 1.74. The molecule has 0 saturated heterocycles. The van der Waals surface area contributed by atoms with Gasteiger partial charge >= 0.3 is 0 Å². The second-order valence-corrected chi connectivity index (χ2v) is 6.20. The number of rotatable bonds is 6. The molecule has 0 aliphatic heterocycles. The molecule has 0 aliphatic carbocycles. The van der Waals surface area contributed by atoms with E-state index in [9.17, 15) is 0 Å². The van der Waals surface area contributed by atoms with Crippen LogP contribution in [-0.4, -0.2) is 12.6 Å². The van der Waals surface area contributed by atoms with Gasteiger partial charge in [0.2, 0.25) is 0 Å². The molecule has 0 aromatic heterocycles. The highest BCUT2D eigenvalue weighted by molar-refractivity contribution is 9.10. The second-order valence-electron chi connectivity index (χ2n) is 5.28. The lowest BCUT2D eigenvalue weighted by atomic mass is 9.79. The molecule has 17 heavy (non-hydrogen) atoms. The van der Waals surface area contributed by atoms with Crippen molar-refractivity contribution in [1.29, 1.82) is 0 Å². The first-order chi connectivity index (χ1) is 7.99. The van der Waals surface area contributed by atoms with Crippen molar-refractivity contribution in [3.63, 3.8) is 0 Å². The van der Waals surface area contributed by atoms with Crippen molar-refractivity contribution < 1.29 is 0 Å². The molecule has 1 rings (SSSR count). The van der Waals surface area contributed by atoms with Gasteiger partial charge in [0.05, 0.1) is 0 Å². The molecule has 0 aliphatic rings. The third-order valence-electron chi connectivity index (χ3n) is 3.66. The van der Waals surface area contributed by atoms with Gasteiger partial charge in [0.25, 0.3) is 0 Å². The third-order valence-corrected chi connectivity index (χ3v) is 4.19. The van der Waals surface area contributed by atoms with Crippen LogP contribution < -0.4 is 5.32 Å². The van der Waals surface area contributed by atoms with Gasteiger partial charge in [-0.3, -0.25) is 0 Å². The van der Waals surface area contributed by atoms with Crippen LogP contribution >= 0.6 is 15.9 Å². The molecular weight excluding hydrogens is 274 g/mol. The van der Waals surface area contributed by atoms with E-state index in [2.05, 4.69) is 73.2 Å². The zero-order valence-electron chi connectivity index (χ0n) is 11.4. The molecule has 2 heteroatoms. The Balaban J connectivity index is 2.76. The fourth-order valence-corrected chi connectivity index (χ4v) is 2.24. The van der Waals surface area contributed by atoms with E-state index in [-0.39, 0.29) is 0 Å². The molecule has 0 amide bonds. The summed E-state index contributed by atoms with van der Waals surface area (Å²) in [6.07, 6.45) is 2.29. The lowest BCUT2D eigenvalue weighted by Crippen LogP contribution is -2.43. The molecule has 0 radical (unpaired) electrons. The standard InChI is InChI=1S/C15H24BrN/c1-5-15(3,4)14(17-6-2)11-12-7-9-13(16)10-8-12/h7-10,14,17H,5-6,11H2,1-4H3. The summed E-state index contributed by atoms with van der Waals surface area (Å²) >= 11 is 3.48. The zero-order valence-corrected chi connectivity index (χ0v) is 13.0. The minimum absolute atomic E-state index is 0.336. The van der Waals surface area contributed by atoms with Crippen LogP contribution in [0.4, 0.5) is 0 Å². The number of nitrogens with one attached hydrogen (secondary N) is 1. The molecule has 1 nitrogen and oxygen atoms in total. The van der Waals surface area contributed by atoms with E-state index in [0.29, 0.717) is 11.5 Å². The maximum absolute atomic E-state index is 3.63. The van der Waals surface area contributed by atoms with Gasteiger partial charge in [0.15, 0.2) is 0 Å². The fourth-order valence-electron chi connectivity index (χ4n) is 1.97. The van der Waals surface area contributed by atoms with Gasteiger partial charge in [-0.15, -0.1) is 0 Å². The summed E-state index contributed by atoms with van der Waals surface area (Å²) < 4.78 is 1.15. The number of halogens is 1. The molecule has 1 aromatic carbocycles. The number of hydrogen-bond acceptors (Lipinski definition) is 1. The molecule has 1 atom stereocenters. The predicted molar refractivity (Wildman–Crippen MR) is 79.4 cm³/mol. The Labute approximate surface area is 114 Å². The van der Waals surface area contributed by atoms with Gasteiger partial charge in [0, 0.05) is 10.5 Å². The van der Waals surface area contributed by atoms with Gasteiger partial charge in [0.1, 0.15) is 0 Å². The summed E-state index contributed by atoms with van der Waals surface area (Å²) in [6, 6.07) is 9.20. The Morgan fingerprint density at radius 2 is 1.76 bits per heavy atom. The SMILES string of the molecule is CCNC(Cc1ccc(Br)cc1)C(C)(C)CC. The largest absolute Gasteiger partial charge is 0.313 e. The molecule has 1 N–H and O–H groups in total. The summed E-state index contributed by atoms with van der Waals surface area (Å²) in [5, 5.41) is 3.63. The van der Waals surface area contributed by atoms with Gasteiger partial charge < -0.3 is 5.32 Å². The smallest absolute Gasteiger partial charge is 0.0175 e. The highest BCUT2D eigenvalue weighted by Gasteiger charge is 2.26. The van der Waals surface area contributed by atoms with E-state index < -0.39 is 0 Å². The van der Waals surface area contributed by atoms with Crippen LogP contribution in [0.1, 0.15) is 39.7 Å². The topological polar surface area (TPSA) is 12.0 Å². The van der Waals surface area contributed by atoms with Crippen molar-refractivity contribution in [3.05, 3.63) is 34.3 Å². The summed E-state index contributed by atoms with van der Waals surface area (Å²) in [7, 11) is 0. The molecule has 0 heterocycles. The van der Waals surface area contributed by atoms with E-state index >= 15 is 0 Å². The van der Waals surface area contributed by atoms with Crippen LogP contribution in [0.5, 0.6) is 0 Å². The molecule has 96 valence electrons. The van der Waals surface area contributed by atoms with Gasteiger partial charge in [-0.2, -0.15) is 0 Å². The highest BCUT2D eigenvalue weighted by atomic mass is 79.9. The third kappa shape index (κ3) is 4.44. The second kappa shape index (κ2) is 6.55. The van der Waals surface area contributed by atoms with Crippen LogP contribution in [-0.2, 0) is 6.42 Å². The van der Waals surface area contributed by atoms with E-state index in [4.69, 9.17) is 0 Å². The van der Waals surface area contributed by atoms with E-state index in [1.165, 1.54) is 12.0 Å². The fraction of sp³-hybridized carbons (Fsp3) is 0.600. The van der Waals surface area contributed by atoms with Crippen molar-refractivity contribution in [2.45, 2.75) is 46.6 Å². The van der Waals surface area contributed by atoms with Crippen LogP contribution in [0.15, 0.2) is 28.7 Å². The quantitative estimate of drug-likeness (QED) is 0.820. The lowest BCUT2D eigenvalue weighted by molar-refractivity contribution is 0.233. The normalized spacial score (nSPS) is 13.7. The Hall–Kier alpha value is -0.340. The molecular formula is C15H24BrN. The van der Waals surface area contributed by atoms with Crippen molar-refractivity contribution in [1.82, 2.24) is 5.32 Å². The molecule has 0 fully saturated rings. The average Bonchev–Trinajstić information content (AvgIpc) is 2.31. The van der Waals surface area contributed by atoms with Crippen LogP contribution in [0.25, 0.3) is 0 Å². The molecule has 0 saturated carbocycles. The number of hydrogen-bond donors (Lipinski definition) is 1. The predicted octanol–water partition coefficient (Wildman–Crippen LogP) is 4.41. The minimum atomic E-state index is 0.336. The lowest BCUT2D eigenvalue weighted by Gasteiger charge is -2.34. The van der Waals surface area contributed by atoms with E-state index in [1.54, 1.807) is 0 Å². The van der Waals surface area contributed by atoms with E-state index in [0.717, 1.165) is 17.4 Å². The van der Waals surface area contributed by atoms with Crippen LogP contribution in [0, 0.1) is 5.41 Å².